The minimum absolute atomic E-state index is 0.0177. The first kappa shape index (κ1) is 33.3. The third-order valence-electron chi connectivity index (χ3n) is 10.6. The second-order valence-corrected chi connectivity index (χ2v) is 14.7. The van der Waals surface area contributed by atoms with Crippen LogP contribution in [0.5, 0.6) is 5.75 Å². The van der Waals surface area contributed by atoms with Crippen LogP contribution in [0.4, 0.5) is 0 Å². The highest BCUT2D eigenvalue weighted by molar-refractivity contribution is 6.25. The predicted molar refractivity (Wildman–Crippen MR) is 174 cm³/mol. The molecule has 3 aliphatic rings. The van der Waals surface area contributed by atoms with Gasteiger partial charge in [-0.1, -0.05) is 78.3 Å². The van der Waals surface area contributed by atoms with Gasteiger partial charge in [-0.2, -0.15) is 0 Å². The second-order valence-electron chi connectivity index (χ2n) is 14.7. The number of Topliss-reactive ketones (excluding diaryl/α,β-unsaturated/α-hetero) is 4. The van der Waals surface area contributed by atoms with Crippen molar-refractivity contribution in [3.63, 3.8) is 0 Å². The van der Waals surface area contributed by atoms with Crippen molar-refractivity contribution < 1.29 is 39.6 Å². The van der Waals surface area contributed by atoms with E-state index in [9.17, 15) is 39.6 Å². The topological polar surface area (TPSA) is 149 Å². The van der Waals surface area contributed by atoms with Gasteiger partial charge < -0.3 is 20.4 Å². The molecule has 46 heavy (non-hydrogen) atoms. The van der Waals surface area contributed by atoms with Gasteiger partial charge in [-0.05, 0) is 60.8 Å². The van der Waals surface area contributed by atoms with Crippen molar-refractivity contribution >= 4 is 23.1 Å². The van der Waals surface area contributed by atoms with E-state index in [1.54, 1.807) is 45.9 Å². The first-order chi connectivity index (χ1) is 21.4. The van der Waals surface area contributed by atoms with Crippen molar-refractivity contribution in [3.05, 3.63) is 75.8 Å². The van der Waals surface area contributed by atoms with Crippen LogP contribution in [0.1, 0.15) is 100 Å². The zero-order valence-electron chi connectivity index (χ0n) is 27.7. The number of rotatable bonds is 8. The molecule has 0 spiro atoms. The third kappa shape index (κ3) is 4.75. The molecule has 0 radical (unpaired) electrons. The molecule has 0 fully saturated rings. The molecule has 0 saturated carbocycles. The summed E-state index contributed by atoms with van der Waals surface area (Å²) in [5, 5.41) is 46.3. The quantitative estimate of drug-likeness (QED) is 0.180. The average molecular weight is 629 g/mol. The summed E-state index contributed by atoms with van der Waals surface area (Å²) in [6, 6.07) is 10.3. The third-order valence-corrected chi connectivity index (χ3v) is 10.6. The molecule has 0 aliphatic heterocycles. The number of benzene rings is 2. The van der Waals surface area contributed by atoms with Crippen LogP contribution >= 0.6 is 0 Å². The van der Waals surface area contributed by atoms with Crippen LogP contribution in [0.25, 0.3) is 11.1 Å². The number of fused-ring (bicyclic) bond motifs is 3. The summed E-state index contributed by atoms with van der Waals surface area (Å²) in [6.45, 7) is 12.4. The van der Waals surface area contributed by atoms with E-state index in [0.717, 1.165) is 25.3 Å². The number of ketones is 4. The molecule has 0 bridgehead atoms. The summed E-state index contributed by atoms with van der Waals surface area (Å²) in [6.07, 6.45) is 2.43. The molecule has 4 N–H and O–H groups in total. The number of phenolic OH excluding ortho intramolecular Hbond substituents is 1. The Morgan fingerprint density at radius 3 is 2.15 bits per heavy atom. The molecule has 0 aromatic heterocycles. The molecule has 2 aromatic rings. The van der Waals surface area contributed by atoms with E-state index in [1.807, 2.05) is 12.1 Å². The van der Waals surface area contributed by atoms with E-state index in [0.29, 0.717) is 29.0 Å². The van der Waals surface area contributed by atoms with Crippen molar-refractivity contribution in [3.8, 4) is 16.9 Å². The number of aliphatic hydroxyl groups excluding tert-OH is 2. The summed E-state index contributed by atoms with van der Waals surface area (Å²) in [4.78, 5) is 53.5. The Morgan fingerprint density at radius 2 is 1.59 bits per heavy atom. The van der Waals surface area contributed by atoms with Gasteiger partial charge in [-0.25, -0.2) is 0 Å². The van der Waals surface area contributed by atoms with E-state index in [2.05, 4.69) is 13.8 Å². The van der Waals surface area contributed by atoms with E-state index < -0.39 is 56.8 Å². The summed E-state index contributed by atoms with van der Waals surface area (Å²) < 4.78 is 0. The van der Waals surface area contributed by atoms with Crippen LogP contribution in [0.15, 0.2) is 59.1 Å². The fourth-order valence-electron chi connectivity index (χ4n) is 8.65. The number of aliphatic hydroxyl groups is 3. The lowest BCUT2D eigenvalue weighted by Crippen LogP contribution is -2.67. The summed E-state index contributed by atoms with van der Waals surface area (Å²) in [5.41, 5.74) is -3.51. The van der Waals surface area contributed by atoms with Gasteiger partial charge >= 0.3 is 0 Å². The number of phenols is 1. The molecular weight excluding hydrogens is 584 g/mol. The van der Waals surface area contributed by atoms with Crippen LogP contribution in [-0.4, -0.2) is 49.2 Å². The van der Waals surface area contributed by atoms with Crippen molar-refractivity contribution in [2.75, 3.05) is 0 Å². The molecule has 8 heteroatoms. The minimum Gasteiger partial charge on any atom is -0.511 e. The number of hydrogen-bond donors (Lipinski definition) is 4. The van der Waals surface area contributed by atoms with Crippen LogP contribution in [0.3, 0.4) is 0 Å². The van der Waals surface area contributed by atoms with Gasteiger partial charge in [0.1, 0.15) is 22.8 Å². The van der Waals surface area contributed by atoms with Gasteiger partial charge in [0, 0.05) is 34.3 Å². The molecule has 0 saturated heterocycles. The Kier molecular flexibility index (Phi) is 8.21. The van der Waals surface area contributed by atoms with Gasteiger partial charge in [0.25, 0.3) is 0 Å². The molecule has 244 valence electrons. The van der Waals surface area contributed by atoms with Gasteiger partial charge in [0.05, 0.1) is 5.56 Å². The highest BCUT2D eigenvalue weighted by atomic mass is 16.3. The Labute approximate surface area is 269 Å². The van der Waals surface area contributed by atoms with E-state index >= 15 is 0 Å². The first-order valence-corrected chi connectivity index (χ1v) is 16.1. The highest BCUT2D eigenvalue weighted by Crippen LogP contribution is 2.65. The highest BCUT2D eigenvalue weighted by Gasteiger charge is 2.71. The Balaban J connectivity index is 1.64. The zero-order valence-corrected chi connectivity index (χ0v) is 27.7. The maximum Gasteiger partial charge on any atom is 0.209 e. The van der Waals surface area contributed by atoms with Crippen molar-refractivity contribution in [1.29, 1.82) is 0 Å². The van der Waals surface area contributed by atoms with Gasteiger partial charge in [-0.15, -0.1) is 0 Å². The lowest BCUT2D eigenvalue weighted by Gasteiger charge is -2.59. The number of aromatic hydroxyl groups is 1. The van der Waals surface area contributed by atoms with Crippen molar-refractivity contribution in [2.45, 2.75) is 86.2 Å². The Morgan fingerprint density at radius 1 is 0.957 bits per heavy atom. The number of hydrogen-bond acceptors (Lipinski definition) is 8. The predicted octanol–water partition coefficient (Wildman–Crippen LogP) is 7.02. The monoisotopic (exact) mass is 628 g/mol. The molecule has 8 nitrogen and oxygen atoms in total. The lowest BCUT2D eigenvalue weighted by molar-refractivity contribution is -0.171. The van der Waals surface area contributed by atoms with E-state index in [4.69, 9.17) is 0 Å². The zero-order chi connectivity index (χ0) is 34.1. The Bertz CT molecular complexity index is 1730. The molecule has 0 amide bonds. The number of carbonyl (C=O) groups excluding carboxylic acids is 4. The standard InChI is InChI=1S/C38H44O8/c1-19(2)9-8-10-26(40)23-13-11-22(12-14-23)24-15-16-27(41)29-25(24)17-36(6)18-37(7)30(20(3)4)32(42)28(21(5)39)34(44)38(37,46)35(45)31(36)33(29)43/h11-16,19-20,30,41-42,45-46H,8-10,17-18H2,1-7H3/t30?,36-,37-,38+/m1/s1. The van der Waals surface area contributed by atoms with E-state index in [1.165, 1.54) is 6.07 Å². The van der Waals surface area contributed by atoms with Crippen LogP contribution in [0.2, 0.25) is 0 Å². The summed E-state index contributed by atoms with van der Waals surface area (Å²) in [7, 11) is 0. The van der Waals surface area contributed by atoms with Crippen molar-refractivity contribution in [1.82, 2.24) is 0 Å². The molecule has 3 aliphatic carbocycles. The normalized spacial score (nSPS) is 27.6. The maximum atomic E-state index is 14.3. The molecule has 1 unspecified atom stereocenters. The number of allylic oxidation sites excluding steroid dienone is 2. The van der Waals surface area contributed by atoms with Crippen molar-refractivity contribution in [2.24, 2.45) is 28.6 Å². The molecular formula is C38H44O8. The van der Waals surface area contributed by atoms with Crippen LogP contribution < -0.4 is 0 Å². The first-order valence-electron chi connectivity index (χ1n) is 16.1. The smallest absolute Gasteiger partial charge is 0.209 e. The summed E-state index contributed by atoms with van der Waals surface area (Å²) in [5.74, 6) is -4.83. The maximum absolute atomic E-state index is 14.3. The van der Waals surface area contributed by atoms with Gasteiger partial charge in [-0.3, -0.25) is 19.2 Å². The van der Waals surface area contributed by atoms with Gasteiger partial charge in [0.2, 0.25) is 5.78 Å². The Hall–Kier alpha value is -4.04. The summed E-state index contributed by atoms with van der Waals surface area (Å²) >= 11 is 0. The molecule has 0 heterocycles. The van der Waals surface area contributed by atoms with Crippen LogP contribution in [-0.2, 0) is 16.0 Å². The second kappa shape index (κ2) is 11.3. The fraction of sp³-hybridized carbons (Fsp3) is 0.474. The molecule has 4 atom stereocenters. The average Bonchev–Trinajstić information content (AvgIpc) is 2.94. The largest absolute Gasteiger partial charge is 0.511 e. The fourth-order valence-corrected chi connectivity index (χ4v) is 8.65. The van der Waals surface area contributed by atoms with Crippen LogP contribution in [0, 0.1) is 28.6 Å². The molecule has 5 rings (SSSR count). The molecule has 2 aromatic carbocycles. The minimum atomic E-state index is -2.65. The number of carbonyl (C=O) groups is 4. The van der Waals surface area contributed by atoms with Gasteiger partial charge in [0.15, 0.2) is 23.0 Å². The lowest BCUT2D eigenvalue weighted by atomic mass is 9.44. The van der Waals surface area contributed by atoms with E-state index in [-0.39, 0.29) is 41.4 Å². The SMILES string of the molecule is CC(=O)C1=C(O)C(C(C)C)[C@@]2(C)C[C@@]3(C)Cc4c(-c5ccc(C(=O)CCCC(C)C)cc5)ccc(O)c4C(=O)C3=C(O)[C@@]2(O)C1=O.